The smallest absolute Gasteiger partial charge is 0.361 e. The molecule has 0 saturated carbocycles. The van der Waals surface area contributed by atoms with Crippen LogP contribution >= 0.6 is 0 Å². The molecule has 9 heteroatoms. The summed E-state index contributed by atoms with van der Waals surface area (Å²) < 4.78 is 22.7. The number of aliphatic carboxylic acids is 1. The lowest BCUT2D eigenvalue weighted by Crippen LogP contribution is -2.40. The highest BCUT2D eigenvalue weighted by Crippen LogP contribution is 2.16. The van der Waals surface area contributed by atoms with Crippen LogP contribution < -0.4 is 0 Å². The summed E-state index contributed by atoms with van der Waals surface area (Å²) in [6.45, 7) is 4.90. The van der Waals surface area contributed by atoms with E-state index < -0.39 is 18.4 Å². The van der Waals surface area contributed by atoms with E-state index in [1.54, 1.807) is 0 Å². The second kappa shape index (κ2) is 39.1. The lowest BCUT2D eigenvalue weighted by molar-refractivity contribution is -0.870. The fraction of sp³-hybridized carbons (Fsp3) is 0.935. The van der Waals surface area contributed by atoms with Crippen LogP contribution in [-0.2, 0) is 33.3 Å². The van der Waals surface area contributed by atoms with E-state index in [0.717, 1.165) is 38.5 Å². The molecule has 326 valence electrons. The van der Waals surface area contributed by atoms with Crippen LogP contribution in [0.1, 0.15) is 219 Å². The predicted octanol–water partition coefficient (Wildman–Crippen LogP) is 12.1. The minimum absolute atomic E-state index is 0.174. The number of hydrogen-bond donors (Lipinski definition) is 1. The van der Waals surface area contributed by atoms with Gasteiger partial charge in [-0.1, -0.05) is 194 Å². The van der Waals surface area contributed by atoms with Crippen molar-refractivity contribution in [1.82, 2.24) is 0 Å². The van der Waals surface area contributed by atoms with Crippen LogP contribution in [0, 0.1) is 0 Å². The minimum atomic E-state index is -1.50. The van der Waals surface area contributed by atoms with Gasteiger partial charge in [0, 0.05) is 12.8 Å². The Morgan fingerprint density at radius 2 is 0.818 bits per heavy atom. The van der Waals surface area contributed by atoms with Crippen LogP contribution in [0.25, 0.3) is 0 Å². The lowest BCUT2D eigenvalue weighted by Gasteiger charge is -2.25. The van der Waals surface area contributed by atoms with E-state index in [1.807, 2.05) is 21.1 Å². The number of unbranched alkanes of at least 4 members (excludes halogenated alkanes) is 28. The summed E-state index contributed by atoms with van der Waals surface area (Å²) >= 11 is 0. The topological polar surface area (TPSA) is 108 Å². The molecule has 0 aliphatic carbocycles. The van der Waals surface area contributed by atoms with Gasteiger partial charge in [0.15, 0.2) is 6.10 Å². The Bertz CT molecular complexity index is 876. The van der Waals surface area contributed by atoms with Gasteiger partial charge >= 0.3 is 17.9 Å². The van der Waals surface area contributed by atoms with Crippen molar-refractivity contribution in [2.24, 2.45) is 0 Å². The summed E-state index contributed by atoms with van der Waals surface area (Å²) in [5, 5.41) is 9.63. The molecular formula is C46H90NO8+. The molecule has 2 atom stereocenters. The lowest BCUT2D eigenvalue weighted by atomic mass is 10.0. The normalized spacial score (nSPS) is 12.8. The van der Waals surface area contributed by atoms with Gasteiger partial charge in [0.25, 0.3) is 6.29 Å². The Labute approximate surface area is 339 Å². The number of quaternary nitrogens is 1. The van der Waals surface area contributed by atoms with E-state index in [2.05, 4.69) is 13.8 Å². The summed E-state index contributed by atoms with van der Waals surface area (Å²) in [5.74, 6) is -1.99. The second-order valence-electron chi connectivity index (χ2n) is 17.1. The fourth-order valence-electron chi connectivity index (χ4n) is 6.72. The number of nitrogens with zero attached hydrogens (tertiary/aromatic N) is 1. The van der Waals surface area contributed by atoms with Crippen molar-refractivity contribution in [2.45, 2.75) is 232 Å². The van der Waals surface area contributed by atoms with E-state index >= 15 is 0 Å². The average Bonchev–Trinajstić information content (AvgIpc) is 3.14. The highest BCUT2D eigenvalue weighted by Gasteiger charge is 2.25. The van der Waals surface area contributed by atoms with Gasteiger partial charge in [0.2, 0.25) is 0 Å². The first-order chi connectivity index (χ1) is 26.6. The molecule has 0 amide bonds. The van der Waals surface area contributed by atoms with Gasteiger partial charge in [0.1, 0.15) is 13.2 Å². The van der Waals surface area contributed by atoms with Gasteiger partial charge in [0.05, 0.1) is 34.4 Å². The molecule has 0 aliphatic heterocycles. The van der Waals surface area contributed by atoms with Crippen molar-refractivity contribution in [3.05, 3.63) is 0 Å². The zero-order chi connectivity index (χ0) is 40.7. The molecule has 0 bridgehead atoms. The molecule has 0 spiro atoms. The van der Waals surface area contributed by atoms with Crippen molar-refractivity contribution in [2.75, 3.05) is 47.5 Å². The molecule has 0 fully saturated rings. The highest BCUT2D eigenvalue weighted by molar-refractivity contribution is 5.71. The van der Waals surface area contributed by atoms with Gasteiger partial charge in [-0.3, -0.25) is 9.59 Å². The molecule has 0 saturated heterocycles. The number of carbonyl (C=O) groups is 3. The van der Waals surface area contributed by atoms with E-state index in [-0.39, 0.29) is 38.2 Å². The largest absolute Gasteiger partial charge is 0.477 e. The number of ether oxygens (including phenoxy) is 4. The van der Waals surface area contributed by atoms with Crippen LogP contribution in [-0.4, -0.2) is 87.4 Å². The molecule has 55 heavy (non-hydrogen) atoms. The fourth-order valence-corrected chi connectivity index (χ4v) is 6.72. The summed E-state index contributed by atoms with van der Waals surface area (Å²) in [5.41, 5.74) is 0. The number of carbonyl (C=O) groups excluding carboxylic acids is 2. The van der Waals surface area contributed by atoms with Crippen LogP contribution in [0.15, 0.2) is 0 Å². The van der Waals surface area contributed by atoms with Crippen molar-refractivity contribution in [3.63, 3.8) is 0 Å². The maximum absolute atomic E-state index is 12.8. The van der Waals surface area contributed by atoms with E-state index in [9.17, 15) is 19.5 Å². The highest BCUT2D eigenvalue weighted by atomic mass is 16.7. The summed E-state index contributed by atoms with van der Waals surface area (Å²) in [7, 11) is 5.96. The van der Waals surface area contributed by atoms with Crippen molar-refractivity contribution in [3.8, 4) is 0 Å². The predicted molar refractivity (Wildman–Crippen MR) is 226 cm³/mol. The molecule has 0 aromatic heterocycles. The van der Waals surface area contributed by atoms with Crippen molar-refractivity contribution in [1.29, 1.82) is 0 Å². The van der Waals surface area contributed by atoms with E-state index in [0.29, 0.717) is 17.4 Å². The third kappa shape index (κ3) is 40.3. The summed E-state index contributed by atoms with van der Waals surface area (Å²) in [6, 6.07) is 0. The average molecular weight is 785 g/mol. The number of likely N-dealkylation sites (N-methyl/N-ethyl adjacent to an activating group) is 1. The van der Waals surface area contributed by atoms with Gasteiger partial charge in [-0.2, -0.15) is 0 Å². The molecule has 2 unspecified atom stereocenters. The number of rotatable bonds is 43. The van der Waals surface area contributed by atoms with E-state index in [1.165, 1.54) is 154 Å². The number of esters is 2. The number of carboxylic acid groups (broad SMARTS) is 1. The Hall–Kier alpha value is -1.71. The Balaban J connectivity index is 4.33. The zero-order valence-electron chi connectivity index (χ0n) is 36.9. The summed E-state index contributed by atoms with van der Waals surface area (Å²) in [6.07, 6.45) is 35.9. The molecule has 0 heterocycles. The van der Waals surface area contributed by atoms with E-state index in [4.69, 9.17) is 18.9 Å². The van der Waals surface area contributed by atoms with Gasteiger partial charge in [-0.25, -0.2) is 4.79 Å². The standard InChI is InChI=1S/C46H89NO8/c1-6-8-10-12-14-16-18-19-20-21-22-23-24-25-27-29-31-33-35-37-44(49)55-42(41-54-46(45(50)51)52-39-38-47(3,4)5)40-53-43(48)36-34-32-30-28-26-17-15-13-11-9-7-2/h42,46H,6-41H2,1-5H3/p+1. The molecule has 1 N–H and O–H groups in total. The first-order valence-corrected chi connectivity index (χ1v) is 23.2. The first-order valence-electron chi connectivity index (χ1n) is 23.2. The van der Waals surface area contributed by atoms with Crippen LogP contribution in [0.5, 0.6) is 0 Å². The molecule has 0 rings (SSSR count). The quantitative estimate of drug-likeness (QED) is 0.0282. The first kappa shape index (κ1) is 53.3. The summed E-state index contributed by atoms with van der Waals surface area (Å²) in [4.78, 5) is 37.1. The molecule has 0 radical (unpaired) electrons. The molecule has 9 nitrogen and oxygen atoms in total. The Kier molecular flexibility index (Phi) is 37.9. The monoisotopic (exact) mass is 785 g/mol. The third-order valence-electron chi connectivity index (χ3n) is 10.4. The van der Waals surface area contributed by atoms with Gasteiger partial charge < -0.3 is 28.5 Å². The van der Waals surface area contributed by atoms with Gasteiger partial charge in [-0.15, -0.1) is 0 Å². The Morgan fingerprint density at radius 3 is 1.16 bits per heavy atom. The van der Waals surface area contributed by atoms with Crippen molar-refractivity contribution < 1.29 is 42.9 Å². The number of hydrogen-bond acceptors (Lipinski definition) is 7. The molecule has 0 aromatic rings. The molecule has 0 aromatic carbocycles. The molecular weight excluding hydrogens is 695 g/mol. The minimum Gasteiger partial charge on any atom is -0.477 e. The van der Waals surface area contributed by atoms with Gasteiger partial charge in [-0.05, 0) is 12.8 Å². The zero-order valence-corrected chi connectivity index (χ0v) is 36.9. The molecule has 0 aliphatic rings. The van der Waals surface area contributed by atoms with Crippen LogP contribution in [0.2, 0.25) is 0 Å². The SMILES string of the molecule is CCCCCCCCCCCCCCCCCCCCCC(=O)OC(COC(=O)CCCCCCCCCCCCC)COC(OCC[N+](C)(C)C)C(=O)O. The third-order valence-corrected chi connectivity index (χ3v) is 10.4. The maximum Gasteiger partial charge on any atom is 0.361 e. The van der Waals surface area contributed by atoms with Crippen molar-refractivity contribution >= 4 is 17.9 Å². The number of carboxylic acids is 1. The van der Waals surface area contributed by atoms with Crippen LogP contribution in [0.3, 0.4) is 0 Å². The van der Waals surface area contributed by atoms with Crippen LogP contribution in [0.4, 0.5) is 0 Å². The second-order valence-corrected chi connectivity index (χ2v) is 17.1. The maximum atomic E-state index is 12.8. The Morgan fingerprint density at radius 1 is 0.473 bits per heavy atom.